The van der Waals surface area contributed by atoms with E-state index in [0.29, 0.717) is 6.10 Å². The molecule has 0 aromatic carbocycles. The second-order valence-electron chi connectivity index (χ2n) is 5.39. The van der Waals surface area contributed by atoms with Gasteiger partial charge in [-0.3, -0.25) is 0 Å². The molecule has 0 aromatic heterocycles. The first-order valence-corrected chi connectivity index (χ1v) is 6.08. The minimum absolute atomic E-state index is 0.0461. The van der Waals surface area contributed by atoms with E-state index in [2.05, 4.69) is 25.7 Å². The molecule has 2 aliphatic heterocycles. The minimum atomic E-state index is 0.0461. The lowest BCUT2D eigenvalue weighted by Crippen LogP contribution is -2.44. The Hall–Kier alpha value is -0.730. The molecule has 86 valence electrons. The van der Waals surface area contributed by atoms with Crippen LogP contribution in [-0.2, 0) is 4.74 Å². The number of nitrogens with zero attached hydrogens (tertiary/aromatic N) is 2. The van der Waals surface area contributed by atoms with Crippen LogP contribution in [0.1, 0.15) is 46.5 Å². The van der Waals surface area contributed by atoms with Crippen LogP contribution in [0.25, 0.3) is 0 Å². The van der Waals surface area contributed by atoms with Crippen LogP contribution in [0.2, 0.25) is 0 Å². The average Bonchev–Trinajstić information content (AvgIpc) is 2.16. The van der Waals surface area contributed by atoms with Gasteiger partial charge in [-0.1, -0.05) is 0 Å². The van der Waals surface area contributed by atoms with Crippen LogP contribution in [0.5, 0.6) is 0 Å². The molecular weight excluding hydrogens is 188 g/mol. The molecule has 0 aromatic rings. The maximum absolute atomic E-state index is 5.84. The molecule has 2 aliphatic rings. The van der Waals surface area contributed by atoms with Crippen molar-refractivity contribution in [1.29, 1.82) is 0 Å². The largest absolute Gasteiger partial charge is 0.462 e. The van der Waals surface area contributed by atoms with Gasteiger partial charge in [0.05, 0.1) is 5.54 Å². The Balaban J connectivity index is 2.09. The fraction of sp³-hybridized carbons (Fsp3) is 0.917. The van der Waals surface area contributed by atoms with Crippen molar-refractivity contribution >= 4 is 6.02 Å². The summed E-state index contributed by atoms with van der Waals surface area (Å²) in [5.41, 5.74) is 0.0461. The van der Waals surface area contributed by atoms with Crippen LogP contribution in [0.15, 0.2) is 4.99 Å². The summed E-state index contributed by atoms with van der Waals surface area (Å²) in [6.07, 6.45) is 5.22. The van der Waals surface area contributed by atoms with Crippen LogP contribution < -0.4 is 0 Å². The number of rotatable bonds is 0. The zero-order valence-electron chi connectivity index (χ0n) is 10.1. The van der Waals surface area contributed by atoms with Crippen molar-refractivity contribution < 1.29 is 4.74 Å². The van der Waals surface area contributed by atoms with Gasteiger partial charge in [0.15, 0.2) is 0 Å². The normalized spacial score (nSPS) is 30.7. The fourth-order valence-electron chi connectivity index (χ4n) is 2.49. The van der Waals surface area contributed by atoms with Crippen molar-refractivity contribution in [3.63, 3.8) is 0 Å². The van der Waals surface area contributed by atoms with E-state index in [1.165, 1.54) is 19.3 Å². The van der Waals surface area contributed by atoms with E-state index in [-0.39, 0.29) is 5.54 Å². The number of amidine groups is 1. The van der Waals surface area contributed by atoms with Gasteiger partial charge < -0.3 is 9.64 Å². The summed E-state index contributed by atoms with van der Waals surface area (Å²) in [4.78, 5) is 7.02. The molecule has 1 saturated heterocycles. The molecule has 3 heteroatoms. The Morgan fingerprint density at radius 1 is 1.27 bits per heavy atom. The summed E-state index contributed by atoms with van der Waals surface area (Å²) in [6.45, 7) is 8.75. The summed E-state index contributed by atoms with van der Waals surface area (Å²) in [6, 6.07) is 0.887. The molecule has 2 heterocycles. The third kappa shape index (κ3) is 2.64. The second kappa shape index (κ2) is 4.03. The van der Waals surface area contributed by atoms with Crippen LogP contribution in [0.3, 0.4) is 0 Å². The van der Waals surface area contributed by atoms with Crippen LogP contribution in [0, 0.1) is 0 Å². The predicted octanol–water partition coefficient (Wildman–Crippen LogP) is 2.42. The smallest absolute Gasteiger partial charge is 0.288 e. The molecule has 0 bridgehead atoms. The lowest BCUT2D eigenvalue weighted by atomic mass is 9.97. The molecule has 0 radical (unpaired) electrons. The minimum Gasteiger partial charge on any atom is -0.462 e. The third-order valence-corrected chi connectivity index (χ3v) is 3.12. The Labute approximate surface area is 92.5 Å². The highest BCUT2D eigenvalue weighted by molar-refractivity contribution is 5.75. The molecule has 1 atom stereocenters. The van der Waals surface area contributed by atoms with E-state index in [0.717, 1.165) is 25.5 Å². The summed E-state index contributed by atoms with van der Waals surface area (Å²) >= 11 is 0. The predicted molar refractivity (Wildman–Crippen MR) is 62.1 cm³/mol. The highest BCUT2D eigenvalue weighted by Crippen LogP contribution is 2.25. The van der Waals surface area contributed by atoms with E-state index in [4.69, 9.17) is 9.73 Å². The van der Waals surface area contributed by atoms with Gasteiger partial charge in [-0.15, -0.1) is 0 Å². The molecule has 2 rings (SSSR count). The quantitative estimate of drug-likeness (QED) is 0.613. The number of hydrogen-bond acceptors (Lipinski definition) is 3. The molecule has 1 fully saturated rings. The van der Waals surface area contributed by atoms with Crippen LogP contribution in [0.4, 0.5) is 0 Å². The first kappa shape index (κ1) is 10.8. The fourth-order valence-corrected chi connectivity index (χ4v) is 2.49. The van der Waals surface area contributed by atoms with Crippen LogP contribution >= 0.6 is 0 Å². The zero-order chi connectivity index (χ0) is 10.9. The zero-order valence-corrected chi connectivity index (χ0v) is 10.1. The van der Waals surface area contributed by atoms with Crippen molar-refractivity contribution in [2.45, 2.75) is 58.1 Å². The molecule has 3 nitrogen and oxygen atoms in total. The van der Waals surface area contributed by atoms with Gasteiger partial charge in [0, 0.05) is 19.5 Å². The summed E-state index contributed by atoms with van der Waals surface area (Å²) in [7, 11) is 0. The summed E-state index contributed by atoms with van der Waals surface area (Å²) < 4.78 is 5.84. The average molecular weight is 210 g/mol. The van der Waals surface area contributed by atoms with Gasteiger partial charge >= 0.3 is 0 Å². The molecule has 0 amide bonds. The molecule has 0 spiro atoms. The van der Waals surface area contributed by atoms with E-state index in [1.54, 1.807) is 0 Å². The highest BCUT2D eigenvalue weighted by atomic mass is 16.5. The van der Waals surface area contributed by atoms with E-state index in [1.807, 2.05) is 0 Å². The Bertz CT molecular complexity index is 254. The number of ether oxygens (including phenoxy) is 1. The molecule has 1 unspecified atom stereocenters. The molecule has 0 saturated carbocycles. The first-order valence-electron chi connectivity index (χ1n) is 6.08. The number of piperidine rings is 1. The number of hydrogen-bond donors (Lipinski definition) is 0. The van der Waals surface area contributed by atoms with Gasteiger partial charge in [0.25, 0.3) is 6.02 Å². The Morgan fingerprint density at radius 2 is 1.93 bits per heavy atom. The summed E-state index contributed by atoms with van der Waals surface area (Å²) in [5.74, 6) is 0. The first-order chi connectivity index (χ1) is 7.07. The maximum Gasteiger partial charge on any atom is 0.288 e. The van der Waals surface area contributed by atoms with Crippen molar-refractivity contribution in [2.24, 2.45) is 4.99 Å². The second-order valence-corrected chi connectivity index (χ2v) is 5.39. The third-order valence-electron chi connectivity index (χ3n) is 3.12. The SMILES string of the molecule is CC1CC(C)(C)N=C(N2CCCCC2)O1. The van der Waals surface area contributed by atoms with E-state index >= 15 is 0 Å². The monoisotopic (exact) mass is 210 g/mol. The lowest BCUT2D eigenvalue weighted by molar-refractivity contribution is 0.104. The maximum atomic E-state index is 5.84. The van der Waals surface area contributed by atoms with Crippen molar-refractivity contribution in [2.75, 3.05) is 13.1 Å². The number of aliphatic imine (C=N–C) groups is 1. The van der Waals surface area contributed by atoms with Gasteiger partial charge in [-0.2, -0.15) is 0 Å². The topological polar surface area (TPSA) is 24.8 Å². The van der Waals surface area contributed by atoms with Crippen LogP contribution in [-0.4, -0.2) is 35.7 Å². The van der Waals surface area contributed by atoms with Gasteiger partial charge in [0.2, 0.25) is 0 Å². The van der Waals surface area contributed by atoms with Crippen molar-refractivity contribution in [1.82, 2.24) is 4.90 Å². The van der Waals surface area contributed by atoms with Gasteiger partial charge in [0.1, 0.15) is 6.10 Å². The Morgan fingerprint density at radius 3 is 2.53 bits per heavy atom. The number of likely N-dealkylation sites (tertiary alicyclic amines) is 1. The molecule has 0 N–H and O–H groups in total. The standard InChI is InChI=1S/C12H22N2O/c1-10-9-12(2,3)13-11(15-10)14-7-5-4-6-8-14/h10H,4-9H2,1-3H3. The highest BCUT2D eigenvalue weighted by Gasteiger charge is 2.30. The van der Waals surface area contributed by atoms with E-state index < -0.39 is 0 Å². The molecular formula is C12H22N2O. The molecule has 0 aliphatic carbocycles. The van der Waals surface area contributed by atoms with Gasteiger partial charge in [-0.05, 0) is 40.0 Å². The van der Waals surface area contributed by atoms with Crippen molar-refractivity contribution in [3.8, 4) is 0 Å². The summed E-state index contributed by atoms with van der Waals surface area (Å²) in [5, 5.41) is 0. The lowest BCUT2D eigenvalue weighted by Gasteiger charge is -2.37. The molecule has 15 heavy (non-hydrogen) atoms. The van der Waals surface area contributed by atoms with Gasteiger partial charge in [-0.25, -0.2) is 4.99 Å². The van der Waals surface area contributed by atoms with Crippen molar-refractivity contribution in [3.05, 3.63) is 0 Å². The van der Waals surface area contributed by atoms with E-state index in [9.17, 15) is 0 Å². The Kier molecular flexibility index (Phi) is 2.89.